The first kappa shape index (κ1) is 18.4. The van der Waals surface area contributed by atoms with Crippen molar-refractivity contribution < 1.29 is 14.7 Å². The van der Waals surface area contributed by atoms with Gasteiger partial charge in [0.15, 0.2) is 5.78 Å². The van der Waals surface area contributed by atoms with Crippen molar-refractivity contribution in [2.45, 2.75) is 20.3 Å². The molecule has 1 N–H and O–H groups in total. The van der Waals surface area contributed by atoms with Gasteiger partial charge < -0.3 is 14.8 Å². The number of benzene rings is 2. The van der Waals surface area contributed by atoms with Gasteiger partial charge in [0.1, 0.15) is 12.0 Å². The molecule has 0 aliphatic rings. The number of rotatable bonds is 4. The lowest BCUT2D eigenvalue weighted by Gasteiger charge is -2.17. The number of hydrogen-bond donors (Lipinski definition) is 1. The van der Waals surface area contributed by atoms with E-state index in [4.69, 9.17) is 0 Å². The third-order valence-corrected chi connectivity index (χ3v) is 3.25. The summed E-state index contributed by atoms with van der Waals surface area (Å²) in [5.41, 5.74) is 2.95. The molecule has 0 unspecified atom stereocenters. The summed E-state index contributed by atoms with van der Waals surface area (Å²) in [6, 6.07) is 12.3. The van der Waals surface area contributed by atoms with E-state index in [9.17, 15) is 14.7 Å². The number of hydrogen-bond acceptors (Lipinski definition) is 4. The number of phenolic OH excluding ortho intramolecular Hbond substituents is 1. The summed E-state index contributed by atoms with van der Waals surface area (Å²) in [6.07, 6.45) is 1.51. The maximum Gasteiger partial charge on any atom is 0.195 e. The smallest absolute Gasteiger partial charge is 0.195 e. The minimum Gasteiger partial charge on any atom is -0.508 e. The van der Waals surface area contributed by atoms with Crippen LogP contribution in [0.15, 0.2) is 42.5 Å². The van der Waals surface area contributed by atoms with Gasteiger partial charge >= 0.3 is 0 Å². The molecule has 0 aliphatic carbocycles. The monoisotopic (exact) mass is 313 g/mol. The summed E-state index contributed by atoms with van der Waals surface area (Å²) in [5, 5.41) is 9.41. The number of aromatic hydroxyl groups is 1. The van der Waals surface area contributed by atoms with Gasteiger partial charge in [-0.25, -0.2) is 0 Å². The Balaban J connectivity index is 0.000000593. The second-order valence-electron chi connectivity index (χ2n) is 5.31. The molecule has 23 heavy (non-hydrogen) atoms. The average Bonchev–Trinajstić information content (AvgIpc) is 2.54. The van der Waals surface area contributed by atoms with Gasteiger partial charge in [-0.05, 0) is 42.8 Å². The summed E-state index contributed by atoms with van der Waals surface area (Å²) < 4.78 is 0. The summed E-state index contributed by atoms with van der Waals surface area (Å²) in [5.74, 6) is 0.150. The Morgan fingerprint density at radius 2 is 1.74 bits per heavy atom. The van der Waals surface area contributed by atoms with Crippen LogP contribution >= 0.6 is 0 Å². The van der Waals surface area contributed by atoms with Crippen LogP contribution in [0.2, 0.25) is 0 Å². The number of carbonyl (C=O) groups is 2. The predicted molar refractivity (Wildman–Crippen MR) is 93.4 cm³/mol. The van der Waals surface area contributed by atoms with Crippen LogP contribution in [0.3, 0.4) is 0 Å². The maximum atomic E-state index is 12.6. The summed E-state index contributed by atoms with van der Waals surface area (Å²) >= 11 is 0. The average molecular weight is 313 g/mol. The molecule has 0 saturated carbocycles. The fourth-order valence-corrected chi connectivity index (χ4v) is 2.10. The fraction of sp³-hybridized carbons (Fsp3) is 0.263. The summed E-state index contributed by atoms with van der Waals surface area (Å²) in [4.78, 5) is 23.7. The lowest BCUT2D eigenvalue weighted by atomic mass is 9.97. The number of nitrogens with zero attached hydrogens (tertiary/aromatic N) is 1. The lowest BCUT2D eigenvalue weighted by Crippen LogP contribution is -2.14. The first-order valence-corrected chi connectivity index (χ1v) is 7.46. The highest BCUT2D eigenvalue weighted by Gasteiger charge is 2.16. The van der Waals surface area contributed by atoms with Gasteiger partial charge in [0, 0.05) is 37.3 Å². The van der Waals surface area contributed by atoms with E-state index in [0.29, 0.717) is 17.5 Å². The molecule has 0 spiro atoms. The summed E-state index contributed by atoms with van der Waals surface area (Å²) in [6.45, 7) is 3.64. The molecule has 0 saturated heterocycles. The molecule has 122 valence electrons. The second-order valence-corrected chi connectivity index (χ2v) is 5.31. The fourth-order valence-electron chi connectivity index (χ4n) is 2.10. The van der Waals surface area contributed by atoms with E-state index >= 15 is 0 Å². The molecule has 2 rings (SSSR count). The predicted octanol–water partition coefficient (Wildman–Crippen LogP) is 3.59. The van der Waals surface area contributed by atoms with E-state index in [0.717, 1.165) is 17.5 Å². The molecular weight excluding hydrogens is 290 g/mol. The number of phenols is 1. The van der Waals surface area contributed by atoms with E-state index in [2.05, 4.69) is 0 Å². The minimum absolute atomic E-state index is 0.0261. The largest absolute Gasteiger partial charge is 0.508 e. The number of carbonyl (C=O) groups excluding carboxylic acids is 2. The Kier molecular flexibility index (Phi) is 7.00. The van der Waals surface area contributed by atoms with Crippen molar-refractivity contribution in [2.75, 3.05) is 19.0 Å². The van der Waals surface area contributed by atoms with Gasteiger partial charge in [0.25, 0.3) is 0 Å². The van der Waals surface area contributed by atoms with Crippen LogP contribution in [-0.2, 0) is 4.79 Å². The number of aryl methyl sites for hydroxylation is 1. The molecule has 2 aromatic carbocycles. The topological polar surface area (TPSA) is 57.6 Å². The highest BCUT2D eigenvalue weighted by molar-refractivity contribution is 6.13. The minimum atomic E-state index is -0.0261. The Labute approximate surface area is 137 Å². The van der Waals surface area contributed by atoms with Gasteiger partial charge in [-0.3, -0.25) is 4.79 Å². The molecule has 0 heterocycles. The van der Waals surface area contributed by atoms with E-state index in [-0.39, 0.29) is 11.5 Å². The summed E-state index contributed by atoms with van der Waals surface area (Å²) in [7, 11) is 3.82. The van der Waals surface area contributed by atoms with E-state index in [1.807, 2.05) is 57.1 Å². The molecule has 0 fully saturated rings. The molecule has 2 aromatic rings. The normalized spacial score (nSPS) is 9.57. The Morgan fingerprint density at radius 1 is 1.13 bits per heavy atom. The second kappa shape index (κ2) is 8.73. The van der Waals surface area contributed by atoms with Crippen molar-refractivity contribution >= 4 is 17.8 Å². The first-order valence-electron chi connectivity index (χ1n) is 7.46. The zero-order valence-electron chi connectivity index (χ0n) is 14.0. The standard InChI is InChI=1S/C16H17NO2.C3H6O/c1-11-10-12(18)8-9-13(11)16(19)14-6-4-5-7-15(14)17(2)3;1-2-3-4/h4-10,18H,1-3H3;3H,2H2,1H3. The van der Waals surface area contributed by atoms with E-state index in [1.165, 1.54) is 0 Å². The molecule has 0 aliphatic heterocycles. The van der Waals surface area contributed by atoms with Gasteiger partial charge in [0.05, 0.1) is 0 Å². The van der Waals surface area contributed by atoms with Crippen LogP contribution < -0.4 is 4.90 Å². The number of aldehydes is 1. The Hall–Kier alpha value is -2.62. The zero-order chi connectivity index (χ0) is 17.4. The van der Waals surface area contributed by atoms with Crippen molar-refractivity contribution in [3.63, 3.8) is 0 Å². The van der Waals surface area contributed by atoms with Crippen LogP contribution in [0.1, 0.15) is 34.8 Å². The number of ketones is 1. The Morgan fingerprint density at radius 3 is 2.26 bits per heavy atom. The van der Waals surface area contributed by atoms with Gasteiger partial charge in [0.2, 0.25) is 0 Å². The quantitative estimate of drug-likeness (QED) is 0.692. The van der Waals surface area contributed by atoms with Crippen LogP contribution in [0.25, 0.3) is 0 Å². The third-order valence-electron chi connectivity index (χ3n) is 3.25. The molecule has 0 atom stereocenters. The molecular formula is C19H23NO3. The lowest BCUT2D eigenvalue weighted by molar-refractivity contribution is -0.107. The molecule has 0 radical (unpaired) electrons. The van der Waals surface area contributed by atoms with Crippen molar-refractivity contribution in [1.82, 2.24) is 0 Å². The van der Waals surface area contributed by atoms with Crippen LogP contribution in [0, 0.1) is 6.92 Å². The van der Waals surface area contributed by atoms with Crippen molar-refractivity contribution in [1.29, 1.82) is 0 Å². The molecule has 0 aromatic heterocycles. The molecule has 0 bridgehead atoms. The number of para-hydroxylation sites is 1. The van der Waals surface area contributed by atoms with Crippen molar-refractivity contribution in [3.8, 4) is 5.75 Å². The van der Waals surface area contributed by atoms with Crippen molar-refractivity contribution in [3.05, 3.63) is 59.2 Å². The van der Waals surface area contributed by atoms with Crippen LogP contribution in [-0.4, -0.2) is 31.3 Å². The Bertz CT molecular complexity index is 678. The van der Waals surface area contributed by atoms with Gasteiger partial charge in [-0.15, -0.1) is 0 Å². The van der Waals surface area contributed by atoms with Crippen LogP contribution in [0.5, 0.6) is 5.75 Å². The van der Waals surface area contributed by atoms with Crippen LogP contribution in [0.4, 0.5) is 5.69 Å². The molecule has 4 heteroatoms. The SMILES string of the molecule is CCC=O.Cc1cc(O)ccc1C(=O)c1ccccc1N(C)C. The highest BCUT2D eigenvalue weighted by Crippen LogP contribution is 2.24. The van der Waals surface area contributed by atoms with Gasteiger partial charge in [-0.1, -0.05) is 19.1 Å². The number of anilines is 1. The maximum absolute atomic E-state index is 12.6. The van der Waals surface area contributed by atoms with Gasteiger partial charge in [-0.2, -0.15) is 0 Å². The zero-order valence-corrected chi connectivity index (χ0v) is 14.0. The van der Waals surface area contributed by atoms with E-state index in [1.54, 1.807) is 18.2 Å². The first-order chi connectivity index (χ1) is 10.9. The molecule has 4 nitrogen and oxygen atoms in total. The highest BCUT2D eigenvalue weighted by atomic mass is 16.3. The third kappa shape index (κ3) is 4.95. The van der Waals surface area contributed by atoms with E-state index < -0.39 is 0 Å². The van der Waals surface area contributed by atoms with Crippen molar-refractivity contribution in [2.24, 2.45) is 0 Å². The molecule has 0 amide bonds.